The fourth-order valence-electron chi connectivity index (χ4n) is 2.07. The molecule has 0 amide bonds. The molecule has 1 unspecified atom stereocenters. The number of hydrogen-bond donors (Lipinski definition) is 1. The monoisotopic (exact) mass is 277 g/mol. The number of ether oxygens (including phenoxy) is 1. The molecule has 0 saturated heterocycles. The average Bonchev–Trinajstić information content (AvgIpc) is 2.39. The quantitative estimate of drug-likeness (QED) is 0.641. The van der Waals surface area contributed by atoms with Crippen molar-refractivity contribution in [2.45, 2.75) is 46.2 Å². The Balaban J connectivity index is 3.02. The van der Waals surface area contributed by atoms with Crippen LogP contribution in [0.1, 0.15) is 41.8 Å². The van der Waals surface area contributed by atoms with Gasteiger partial charge in [0, 0.05) is 11.6 Å². The number of nitrogens with one attached hydrogen (secondary N) is 1. The lowest BCUT2D eigenvalue weighted by molar-refractivity contribution is -0.141. The Morgan fingerprint density at radius 1 is 1.25 bits per heavy atom. The lowest BCUT2D eigenvalue weighted by atomic mass is 9.95. The van der Waals surface area contributed by atoms with Crippen LogP contribution in [-0.4, -0.2) is 30.9 Å². The molecule has 0 aromatic heterocycles. The van der Waals surface area contributed by atoms with E-state index < -0.39 is 6.04 Å². The fourth-order valence-corrected chi connectivity index (χ4v) is 2.07. The Kier molecular flexibility index (Phi) is 5.89. The number of carbonyl (C=O) groups excluding carboxylic acids is 2. The van der Waals surface area contributed by atoms with Crippen LogP contribution in [0.2, 0.25) is 0 Å². The molecule has 0 fully saturated rings. The summed E-state index contributed by atoms with van der Waals surface area (Å²) in [7, 11) is 1.33. The molecule has 1 aromatic carbocycles. The Bertz CT molecular complexity index is 494. The van der Waals surface area contributed by atoms with Crippen LogP contribution in [0, 0.1) is 13.8 Å². The molecule has 110 valence electrons. The SMILES string of the molecule is COC(=O)CC(NC(C)C)C(=O)c1cc(C)ccc1C. The summed E-state index contributed by atoms with van der Waals surface area (Å²) in [5.74, 6) is -0.452. The molecular formula is C16H23NO3. The normalized spacial score (nSPS) is 12.3. The smallest absolute Gasteiger partial charge is 0.307 e. The van der Waals surface area contributed by atoms with Crippen LogP contribution in [-0.2, 0) is 9.53 Å². The van der Waals surface area contributed by atoms with Gasteiger partial charge in [-0.1, -0.05) is 31.5 Å². The topological polar surface area (TPSA) is 55.4 Å². The molecule has 1 aromatic rings. The van der Waals surface area contributed by atoms with E-state index in [4.69, 9.17) is 0 Å². The van der Waals surface area contributed by atoms with E-state index in [2.05, 4.69) is 10.1 Å². The summed E-state index contributed by atoms with van der Waals surface area (Å²) in [6.07, 6.45) is 0.0426. The average molecular weight is 277 g/mol. The molecule has 0 spiro atoms. The second-order valence-electron chi connectivity index (χ2n) is 5.34. The molecule has 1 rings (SSSR count). The van der Waals surface area contributed by atoms with Gasteiger partial charge >= 0.3 is 5.97 Å². The van der Waals surface area contributed by atoms with Crippen molar-refractivity contribution in [1.82, 2.24) is 5.32 Å². The lowest BCUT2D eigenvalue weighted by Gasteiger charge is -2.20. The second-order valence-corrected chi connectivity index (χ2v) is 5.34. The van der Waals surface area contributed by atoms with Crippen LogP contribution >= 0.6 is 0 Å². The molecule has 1 N–H and O–H groups in total. The van der Waals surface area contributed by atoms with E-state index in [-0.39, 0.29) is 24.2 Å². The van der Waals surface area contributed by atoms with E-state index in [1.807, 2.05) is 45.9 Å². The largest absolute Gasteiger partial charge is 0.469 e. The third kappa shape index (κ3) is 4.46. The van der Waals surface area contributed by atoms with E-state index in [0.717, 1.165) is 11.1 Å². The van der Waals surface area contributed by atoms with Crippen molar-refractivity contribution in [2.75, 3.05) is 7.11 Å². The van der Waals surface area contributed by atoms with Crippen molar-refractivity contribution in [3.05, 3.63) is 34.9 Å². The number of carbonyl (C=O) groups is 2. The molecular weight excluding hydrogens is 254 g/mol. The lowest BCUT2D eigenvalue weighted by Crippen LogP contribution is -2.42. The number of methoxy groups -OCH3 is 1. The molecule has 0 aliphatic heterocycles. The van der Waals surface area contributed by atoms with E-state index in [1.165, 1.54) is 7.11 Å². The molecule has 0 radical (unpaired) electrons. The minimum Gasteiger partial charge on any atom is -0.469 e. The molecule has 0 bridgehead atoms. The first kappa shape index (κ1) is 16.4. The third-order valence-corrected chi connectivity index (χ3v) is 3.11. The zero-order chi connectivity index (χ0) is 15.3. The first-order valence-electron chi connectivity index (χ1n) is 6.79. The van der Waals surface area contributed by atoms with Gasteiger partial charge in [-0.05, 0) is 25.5 Å². The van der Waals surface area contributed by atoms with Crippen LogP contribution < -0.4 is 5.32 Å². The summed E-state index contributed by atoms with van der Waals surface area (Å²) in [5, 5.41) is 3.14. The Morgan fingerprint density at radius 2 is 1.90 bits per heavy atom. The van der Waals surface area contributed by atoms with E-state index in [0.29, 0.717) is 5.56 Å². The Labute approximate surface area is 120 Å². The molecule has 0 saturated carbocycles. The van der Waals surface area contributed by atoms with Crippen molar-refractivity contribution in [2.24, 2.45) is 0 Å². The van der Waals surface area contributed by atoms with Crippen molar-refractivity contribution >= 4 is 11.8 Å². The van der Waals surface area contributed by atoms with Crippen LogP contribution in [0.3, 0.4) is 0 Å². The highest BCUT2D eigenvalue weighted by molar-refractivity contribution is 6.03. The molecule has 20 heavy (non-hydrogen) atoms. The molecule has 0 aliphatic carbocycles. The molecule has 0 heterocycles. The molecule has 4 heteroatoms. The molecule has 4 nitrogen and oxygen atoms in total. The predicted molar refractivity (Wildman–Crippen MR) is 78.9 cm³/mol. The van der Waals surface area contributed by atoms with Crippen molar-refractivity contribution in [3.8, 4) is 0 Å². The van der Waals surface area contributed by atoms with Gasteiger partial charge in [-0.3, -0.25) is 9.59 Å². The van der Waals surface area contributed by atoms with Gasteiger partial charge < -0.3 is 10.1 Å². The van der Waals surface area contributed by atoms with Gasteiger partial charge in [0.05, 0.1) is 19.6 Å². The Hall–Kier alpha value is -1.68. The zero-order valence-corrected chi connectivity index (χ0v) is 12.8. The summed E-state index contributed by atoms with van der Waals surface area (Å²) < 4.78 is 4.67. The van der Waals surface area contributed by atoms with E-state index in [9.17, 15) is 9.59 Å². The second kappa shape index (κ2) is 7.20. The summed E-state index contributed by atoms with van der Waals surface area (Å²) in [6.45, 7) is 7.74. The summed E-state index contributed by atoms with van der Waals surface area (Å²) in [5.41, 5.74) is 2.60. The number of aryl methyl sites for hydroxylation is 2. The van der Waals surface area contributed by atoms with Gasteiger partial charge in [0.1, 0.15) is 0 Å². The maximum Gasteiger partial charge on any atom is 0.307 e. The summed E-state index contributed by atoms with van der Waals surface area (Å²) >= 11 is 0. The summed E-state index contributed by atoms with van der Waals surface area (Å²) in [6, 6.07) is 5.32. The number of ketones is 1. The number of Topliss-reactive ketones (excluding diaryl/α,β-unsaturated/α-hetero) is 1. The van der Waals surface area contributed by atoms with Gasteiger partial charge in [0.2, 0.25) is 0 Å². The van der Waals surface area contributed by atoms with Crippen LogP contribution in [0.4, 0.5) is 0 Å². The van der Waals surface area contributed by atoms with Gasteiger partial charge in [-0.2, -0.15) is 0 Å². The number of rotatable bonds is 6. The minimum absolute atomic E-state index is 0.0426. The maximum atomic E-state index is 12.6. The fraction of sp³-hybridized carbons (Fsp3) is 0.500. The highest BCUT2D eigenvalue weighted by Gasteiger charge is 2.25. The maximum absolute atomic E-state index is 12.6. The van der Waals surface area contributed by atoms with Gasteiger partial charge in [-0.25, -0.2) is 0 Å². The van der Waals surface area contributed by atoms with E-state index in [1.54, 1.807) is 0 Å². The van der Waals surface area contributed by atoms with Crippen LogP contribution in [0.25, 0.3) is 0 Å². The van der Waals surface area contributed by atoms with Gasteiger partial charge in [-0.15, -0.1) is 0 Å². The molecule has 1 atom stereocenters. The first-order valence-corrected chi connectivity index (χ1v) is 6.79. The van der Waals surface area contributed by atoms with E-state index >= 15 is 0 Å². The first-order chi connectivity index (χ1) is 9.35. The minimum atomic E-state index is -0.553. The van der Waals surface area contributed by atoms with Gasteiger partial charge in [0.15, 0.2) is 5.78 Å². The standard InChI is InChI=1S/C16H23NO3/c1-10(2)17-14(9-15(18)20-5)16(19)13-8-11(3)6-7-12(13)4/h6-8,10,14,17H,9H2,1-5H3. The van der Waals surface area contributed by atoms with Crippen LogP contribution in [0.15, 0.2) is 18.2 Å². The molecule has 0 aliphatic rings. The van der Waals surface area contributed by atoms with Crippen molar-refractivity contribution < 1.29 is 14.3 Å². The Morgan fingerprint density at radius 3 is 2.45 bits per heavy atom. The number of esters is 1. The highest BCUT2D eigenvalue weighted by atomic mass is 16.5. The predicted octanol–water partition coefficient (Wildman–Crippen LogP) is 2.42. The summed E-state index contributed by atoms with van der Waals surface area (Å²) in [4.78, 5) is 24.1. The highest BCUT2D eigenvalue weighted by Crippen LogP contribution is 2.15. The van der Waals surface area contributed by atoms with Crippen LogP contribution in [0.5, 0.6) is 0 Å². The zero-order valence-electron chi connectivity index (χ0n) is 12.8. The van der Waals surface area contributed by atoms with Gasteiger partial charge in [0.25, 0.3) is 0 Å². The number of benzene rings is 1. The van der Waals surface area contributed by atoms with Crippen molar-refractivity contribution in [3.63, 3.8) is 0 Å². The van der Waals surface area contributed by atoms with Crippen molar-refractivity contribution in [1.29, 1.82) is 0 Å². The number of hydrogen-bond acceptors (Lipinski definition) is 4. The third-order valence-electron chi connectivity index (χ3n) is 3.11.